The van der Waals surface area contributed by atoms with E-state index in [1.54, 1.807) is 12.1 Å². The van der Waals surface area contributed by atoms with Gasteiger partial charge in [0.1, 0.15) is 5.82 Å². The molecule has 0 heterocycles. The van der Waals surface area contributed by atoms with E-state index in [1.165, 1.54) is 6.07 Å². The lowest BCUT2D eigenvalue weighted by atomic mass is 10.1. The van der Waals surface area contributed by atoms with Gasteiger partial charge in [-0.2, -0.15) is 0 Å². The predicted molar refractivity (Wildman–Crippen MR) is 62.1 cm³/mol. The van der Waals surface area contributed by atoms with Crippen LogP contribution in [0.3, 0.4) is 0 Å². The molecule has 0 spiro atoms. The third kappa shape index (κ3) is 2.69. The van der Waals surface area contributed by atoms with Gasteiger partial charge in [0.15, 0.2) is 0 Å². The van der Waals surface area contributed by atoms with Gasteiger partial charge in [-0.15, -0.1) is 0 Å². The normalized spacial score (nSPS) is 13.1. The van der Waals surface area contributed by atoms with Crippen molar-refractivity contribution in [3.63, 3.8) is 0 Å². The van der Waals surface area contributed by atoms with Crippen molar-refractivity contribution in [1.82, 2.24) is 4.90 Å². The van der Waals surface area contributed by atoms with Crippen LogP contribution in [0.5, 0.6) is 0 Å². The van der Waals surface area contributed by atoms with Crippen molar-refractivity contribution >= 4 is 5.69 Å². The van der Waals surface area contributed by atoms with Crippen molar-refractivity contribution in [2.24, 2.45) is 0 Å². The summed E-state index contributed by atoms with van der Waals surface area (Å²) in [5.74, 6) is -0.177. The van der Waals surface area contributed by atoms with Crippen LogP contribution in [0.15, 0.2) is 18.2 Å². The maximum Gasteiger partial charge on any atom is 0.128 e. The molecule has 3 heteroatoms. The Morgan fingerprint density at radius 1 is 1.33 bits per heavy atom. The molecule has 2 N–H and O–H groups in total. The van der Waals surface area contributed by atoms with E-state index in [2.05, 4.69) is 18.7 Å². The van der Waals surface area contributed by atoms with Crippen LogP contribution in [0, 0.1) is 5.82 Å². The molecule has 15 heavy (non-hydrogen) atoms. The number of nitrogens with two attached hydrogens (primary N) is 1. The van der Waals surface area contributed by atoms with Gasteiger partial charge in [0.05, 0.1) is 0 Å². The zero-order valence-corrected chi connectivity index (χ0v) is 9.63. The van der Waals surface area contributed by atoms with Gasteiger partial charge in [-0.1, -0.05) is 13.8 Å². The minimum absolute atomic E-state index is 0.0727. The van der Waals surface area contributed by atoms with Crippen molar-refractivity contribution in [2.75, 3.05) is 18.8 Å². The van der Waals surface area contributed by atoms with Crippen molar-refractivity contribution in [2.45, 2.75) is 26.8 Å². The van der Waals surface area contributed by atoms with Gasteiger partial charge >= 0.3 is 0 Å². The van der Waals surface area contributed by atoms with Crippen molar-refractivity contribution in [1.29, 1.82) is 0 Å². The Kier molecular flexibility index (Phi) is 4.09. The summed E-state index contributed by atoms with van der Waals surface area (Å²) in [6.07, 6.45) is 0. The van der Waals surface area contributed by atoms with Gasteiger partial charge in [0, 0.05) is 17.3 Å². The first kappa shape index (κ1) is 12.0. The molecule has 84 valence electrons. The quantitative estimate of drug-likeness (QED) is 0.774. The molecule has 0 amide bonds. The first-order chi connectivity index (χ1) is 7.10. The minimum atomic E-state index is -0.177. The number of benzene rings is 1. The fourth-order valence-corrected chi connectivity index (χ4v) is 1.85. The van der Waals surface area contributed by atoms with Crippen LogP contribution in [-0.2, 0) is 0 Å². The second-order valence-corrected chi connectivity index (χ2v) is 3.68. The highest BCUT2D eigenvalue weighted by Gasteiger charge is 2.16. The van der Waals surface area contributed by atoms with Crippen LogP contribution in [0.25, 0.3) is 0 Å². The topological polar surface area (TPSA) is 29.3 Å². The molecule has 1 unspecified atom stereocenters. The zero-order chi connectivity index (χ0) is 11.4. The first-order valence-corrected chi connectivity index (χ1v) is 5.39. The Labute approximate surface area is 90.9 Å². The van der Waals surface area contributed by atoms with Gasteiger partial charge in [-0.25, -0.2) is 4.39 Å². The molecular weight excluding hydrogens is 191 g/mol. The molecule has 1 rings (SSSR count). The Bertz CT molecular complexity index is 321. The molecule has 0 radical (unpaired) electrons. The van der Waals surface area contributed by atoms with E-state index in [0.29, 0.717) is 11.3 Å². The van der Waals surface area contributed by atoms with E-state index in [1.807, 2.05) is 6.92 Å². The molecule has 0 saturated heterocycles. The molecule has 0 fully saturated rings. The average molecular weight is 210 g/mol. The number of halogens is 1. The van der Waals surface area contributed by atoms with Gasteiger partial charge in [0.2, 0.25) is 0 Å². The van der Waals surface area contributed by atoms with Gasteiger partial charge in [-0.05, 0) is 38.2 Å². The highest BCUT2D eigenvalue weighted by molar-refractivity contribution is 5.42. The Balaban J connectivity index is 2.98. The number of anilines is 1. The maximum absolute atomic E-state index is 13.6. The van der Waals surface area contributed by atoms with Crippen molar-refractivity contribution in [3.05, 3.63) is 29.6 Å². The molecule has 0 aliphatic rings. The molecule has 0 aromatic heterocycles. The molecule has 1 aromatic rings. The Morgan fingerprint density at radius 2 is 1.93 bits per heavy atom. The Morgan fingerprint density at radius 3 is 2.47 bits per heavy atom. The maximum atomic E-state index is 13.6. The number of hydrogen-bond donors (Lipinski definition) is 1. The largest absolute Gasteiger partial charge is 0.399 e. The third-order valence-corrected chi connectivity index (χ3v) is 2.83. The monoisotopic (exact) mass is 210 g/mol. The van der Waals surface area contributed by atoms with E-state index >= 15 is 0 Å². The highest BCUT2D eigenvalue weighted by atomic mass is 19.1. The first-order valence-electron chi connectivity index (χ1n) is 5.39. The summed E-state index contributed by atoms with van der Waals surface area (Å²) in [6, 6.07) is 4.82. The van der Waals surface area contributed by atoms with E-state index < -0.39 is 0 Å². The second-order valence-electron chi connectivity index (χ2n) is 3.68. The molecule has 2 nitrogen and oxygen atoms in total. The summed E-state index contributed by atoms with van der Waals surface area (Å²) >= 11 is 0. The van der Waals surface area contributed by atoms with Gasteiger partial charge in [0.25, 0.3) is 0 Å². The van der Waals surface area contributed by atoms with E-state index in [-0.39, 0.29) is 11.9 Å². The van der Waals surface area contributed by atoms with E-state index in [9.17, 15) is 4.39 Å². The molecule has 0 bridgehead atoms. The summed E-state index contributed by atoms with van der Waals surface area (Å²) in [5.41, 5.74) is 6.96. The highest BCUT2D eigenvalue weighted by Crippen LogP contribution is 2.24. The van der Waals surface area contributed by atoms with Crippen LogP contribution in [0.4, 0.5) is 10.1 Å². The summed E-state index contributed by atoms with van der Waals surface area (Å²) in [4.78, 5) is 2.19. The lowest BCUT2D eigenvalue weighted by molar-refractivity contribution is 0.230. The van der Waals surface area contributed by atoms with Crippen molar-refractivity contribution < 1.29 is 4.39 Å². The van der Waals surface area contributed by atoms with Gasteiger partial charge in [-0.3, -0.25) is 4.90 Å². The lowest BCUT2D eigenvalue weighted by Gasteiger charge is -2.27. The van der Waals surface area contributed by atoms with E-state index in [0.717, 1.165) is 13.1 Å². The standard InChI is InChI=1S/C12H19FN2/c1-4-15(5-2)9(3)11-8-10(14)6-7-12(11)13/h6-9H,4-5,14H2,1-3H3. The molecule has 0 aliphatic heterocycles. The minimum Gasteiger partial charge on any atom is -0.399 e. The summed E-state index contributed by atoms with van der Waals surface area (Å²) in [7, 11) is 0. The van der Waals surface area contributed by atoms with Crippen LogP contribution < -0.4 is 5.73 Å². The predicted octanol–water partition coefficient (Wildman–Crippen LogP) is 2.81. The summed E-state index contributed by atoms with van der Waals surface area (Å²) in [6.45, 7) is 7.97. The molecule has 0 saturated carbocycles. The zero-order valence-electron chi connectivity index (χ0n) is 9.63. The lowest BCUT2D eigenvalue weighted by Crippen LogP contribution is -2.27. The number of rotatable bonds is 4. The second kappa shape index (κ2) is 5.12. The Hall–Kier alpha value is -1.09. The summed E-state index contributed by atoms with van der Waals surface area (Å²) in [5, 5.41) is 0. The van der Waals surface area contributed by atoms with Crippen LogP contribution >= 0.6 is 0 Å². The molecule has 1 aromatic carbocycles. The SMILES string of the molecule is CCN(CC)C(C)c1cc(N)ccc1F. The fraction of sp³-hybridized carbons (Fsp3) is 0.500. The molecule has 0 aliphatic carbocycles. The number of hydrogen-bond acceptors (Lipinski definition) is 2. The summed E-state index contributed by atoms with van der Waals surface area (Å²) < 4.78 is 13.6. The fourth-order valence-electron chi connectivity index (χ4n) is 1.85. The van der Waals surface area contributed by atoms with E-state index in [4.69, 9.17) is 5.73 Å². The average Bonchev–Trinajstić information content (AvgIpc) is 2.23. The van der Waals surface area contributed by atoms with Crippen LogP contribution in [0.2, 0.25) is 0 Å². The molecular formula is C12H19FN2. The third-order valence-electron chi connectivity index (χ3n) is 2.83. The van der Waals surface area contributed by atoms with Crippen molar-refractivity contribution in [3.8, 4) is 0 Å². The number of nitrogens with zero attached hydrogens (tertiary/aromatic N) is 1. The molecule has 1 atom stereocenters. The smallest absolute Gasteiger partial charge is 0.128 e. The van der Waals surface area contributed by atoms with Crippen LogP contribution in [0.1, 0.15) is 32.4 Å². The number of nitrogen functional groups attached to an aromatic ring is 1. The van der Waals surface area contributed by atoms with Gasteiger partial charge < -0.3 is 5.73 Å². The van der Waals surface area contributed by atoms with Crippen LogP contribution in [-0.4, -0.2) is 18.0 Å².